The molecule has 0 unspecified atom stereocenters. The fourth-order valence-electron chi connectivity index (χ4n) is 12.0. The summed E-state index contributed by atoms with van der Waals surface area (Å²) in [6, 6.07) is 106. The van der Waals surface area contributed by atoms with Crippen LogP contribution in [0.3, 0.4) is 0 Å². The highest BCUT2D eigenvalue weighted by molar-refractivity contribution is 6.70. The molecule has 0 aliphatic heterocycles. The van der Waals surface area contributed by atoms with Crippen LogP contribution in [0.15, 0.2) is 285 Å². The summed E-state index contributed by atoms with van der Waals surface area (Å²) in [5.74, 6) is 0. The van der Waals surface area contributed by atoms with Crippen LogP contribution in [-0.2, 0) is 0 Å². The first-order valence-corrected chi connectivity index (χ1v) is 29.7. The van der Waals surface area contributed by atoms with E-state index in [9.17, 15) is 0 Å². The molecule has 0 aromatic heterocycles. The largest absolute Gasteiger partial charge is 0.310 e. The Morgan fingerprint density at radius 2 is 0.675 bits per heavy atom. The van der Waals surface area contributed by atoms with Crippen molar-refractivity contribution in [2.45, 2.75) is 13.1 Å². The second-order valence-electron chi connectivity index (χ2n) is 20.6. The molecular weight excluding hydrogens is 945 g/mol. The van der Waals surface area contributed by atoms with E-state index < -0.39 is 8.80 Å². The fraction of sp³-hybridized carbons (Fsp3) is 0.0270. The minimum atomic E-state index is -1.03. The number of nitrogens with zero attached hydrogens (tertiary/aromatic N) is 2. The summed E-state index contributed by atoms with van der Waals surface area (Å²) in [6.07, 6.45) is 0. The van der Waals surface area contributed by atoms with Gasteiger partial charge >= 0.3 is 0 Å². The van der Waals surface area contributed by atoms with Gasteiger partial charge in [-0.05, 0) is 154 Å². The zero-order valence-electron chi connectivity index (χ0n) is 43.1. The normalized spacial score (nSPS) is 11.6. The first-order valence-electron chi connectivity index (χ1n) is 26.8. The van der Waals surface area contributed by atoms with E-state index in [-0.39, 0.29) is 0 Å². The van der Waals surface area contributed by atoms with E-state index in [2.05, 4.69) is 308 Å². The molecule has 0 radical (unpaired) electrons. The number of hydrogen-bond acceptors (Lipinski definition) is 2. The molecule has 0 aliphatic carbocycles. The molecule has 3 heteroatoms. The summed E-state index contributed by atoms with van der Waals surface area (Å²) in [6.45, 7) is 4.81. The van der Waals surface area contributed by atoms with E-state index in [0.717, 1.165) is 39.7 Å². The molecule has 364 valence electrons. The van der Waals surface area contributed by atoms with Crippen LogP contribution in [0.5, 0.6) is 0 Å². The van der Waals surface area contributed by atoms with Gasteiger partial charge in [-0.2, -0.15) is 0 Å². The average molecular weight is 999 g/mol. The van der Waals surface area contributed by atoms with Crippen LogP contribution in [-0.4, -0.2) is 8.80 Å². The lowest BCUT2D eigenvalue weighted by Crippen LogP contribution is -2.22. The van der Waals surface area contributed by atoms with Gasteiger partial charge in [0, 0.05) is 33.5 Å². The van der Waals surface area contributed by atoms with Crippen molar-refractivity contribution in [1.29, 1.82) is 0 Å². The Morgan fingerprint density at radius 1 is 0.247 bits per heavy atom. The van der Waals surface area contributed by atoms with Gasteiger partial charge in [0.15, 0.2) is 0 Å². The Bertz CT molecular complexity index is 4530. The van der Waals surface area contributed by atoms with E-state index in [4.69, 9.17) is 0 Å². The second kappa shape index (κ2) is 19.3. The second-order valence-corrected chi connectivity index (χ2v) is 23.6. The molecule has 0 saturated carbocycles. The summed E-state index contributed by atoms with van der Waals surface area (Å²) in [5, 5.41) is 16.0. The minimum absolute atomic E-state index is 1.03. The summed E-state index contributed by atoms with van der Waals surface area (Å²) >= 11 is 0. The molecular formula is C74H54N2Si. The van der Waals surface area contributed by atoms with Crippen LogP contribution >= 0.6 is 0 Å². The van der Waals surface area contributed by atoms with E-state index in [1.807, 2.05) is 0 Å². The molecule has 14 aromatic rings. The highest BCUT2D eigenvalue weighted by Gasteiger charge is 2.24. The zero-order chi connectivity index (χ0) is 51.4. The number of anilines is 6. The van der Waals surface area contributed by atoms with Crippen LogP contribution in [0.4, 0.5) is 34.1 Å². The Labute approximate surface area is 451 Å². The summed E-state index contributed by atoms with van der Waals surface area (Å²) in [5.41, 5.74) is 13.9. The molecule has 0 N–H and O–H groups in total. The van der Waals surface area contributed by atoms with Crippen LogP contribution < -0.4 is 15.0 Å². The molecule has 0 fully saturated rings. The lowest BCUT2D eigenvalue weighted by Gasteiger charge is -2.29. The molecule has 14 aromatic carbocycles. The summed E-state index contributed by atoms with van der Waals surface area (Å²) in [7, 11) is -1.03. The number of rotatable bonds is 10. The van der Waals surface area contributed by atoms with E-state index in [1.165, 1.54) is 97.6 Å². The third-order valence-electron chi connectivity index (χ3n) is 15.8. The van der Waals surface area contributed by atoms with E-state index in [1.54, 1.807) is 0 Å². The zero-order valence-corrected chi connectivity index (χ0v) is 44.3. The first kappa shape index (κ1) is 46.0. The van der Waals surface area contributed by atoms with Gasteiger partial charge in [-0.25, -0.2) is 0 Å². The Kier molecular flexibility index (Phi) is 11.5. The third-order valence-corrected chi connectivity index (χ3v) is 17.5. The van der Waals surface area contributed by atoms with Crippen molar-refractivity contribution in [3.63, 3.8) is 0 Å². The molecule has 0 heterocycles. The van der Waals surface area contributed by atoms with Gasteiger partial charge in [0.25, 0.3) is 0 Å². The molecule has 14 rings (SSSR count). The van der Waals surface area contributed by atoms with Gasteiger partial charge in [-0.3, -0.25) is 0 Å². The van der Waals surface area contributed by atoms with Gasteiger partial charge < -0.3 is 9.80 Å². The van der Waals surface area contributed by atoms with Gasteiger partial charge in [0.05, 0.1) is 20.2 Å². The van der Waals surface area contributed by atoms with Crippen molar-refractivity contribution >= 4 is 113 Å². The number of hydrogen-bond donors (Lipinski definition) is 0. The molecule has 0 spiro atoms. The minimum Gasteiger partial charge on any atom is -0.310 e. The van der Waals surface area contributed by atoms with E-state index >= 15 is 0 Å². The summed E-state index contributed by atoms with van der Waals surface area (Å²) < 4.78 is 0. The SMILES string of the molecule is C[SiH](C)c1ccc(N(c2ccc3c(-c4ccc(-c5cccc6ccccc56)cc4)c4cc(N(c5ccccc5)c5cccc6ccccc56)ccc4c(-c4ccc5ccccc5c4)c3c2)c2cccc3ccccc23)cc1. The van der Waals surface area contributed by atoms with Gasteiger partial charge in [0.1, 0.15) is 0 Å². The highest BCUT2D eigenvalue weighted by Crippen LogP contribution is 2.50. The van der Waals surface area contributed by atoms with Crippen molar-refractivity contribution < 1.29 is 0 Å². The Morgan fingerprint density at radius 3 is 1.26 bits per heavy atom. The molecule has 0 amide bonds. The smallest absolute Gasteiger partial charge is 0.0647 e. The lowest BCUT2D eigenvalue weighted by atomic mass is 9.84. The van der Waals surface area contributed by atoms with Crippen LogP contribution in [0.2, 0.25) is 13.1 Å². The van der Waals surface area contributed by atoms with Gasteiger partial charge in [-0.15, -0.1) is 0 Å². The number of para-hydroxylation sites is 1. The summed E-state index contributed by atoms with van der Waals surface area (Å²) in [4.78, 5) is 4.92. The molecule has 0 atom stereocenters. The highest BCUT2D eigenvalue weighted by atomic mass is 28.3. The quantitative estimate of drug-likeness (QED) is 0.0995. The van der Waals surface area contributed by atoms with Crippen molar-refractivity contribution in [3.05, 3.63) is 285 Å². The molecule has 0 aliphatic rings. The Hall–Kier alpha value is -9.54. The topological polar surface area (TPSA) is 6.48 Å². The lowest BCUT2D eigenvalue weighted by molar-refractivity contribution is 1.30. The average Bonchev–Trinajstić information content (AvgIpc) is 3.52. The predicted octanol–water partition coefficient (Wildman–Crippen LogP) is 20.2. The molecule has 2 nitrogen and oxygen atoms in total. The number of fused-ring (bicyclic) bond motifs is 6. The first-order chi connectivity index (χ1) is 38.0. The van der Waals surface area contributed by atoms with Gasteiger partial charge in [-0.1, -0.05) is 237 Å². The molecule has 0 saturated heterocycles. The monoisotopic (exact) mass is 998 g/mol. The maximum Gasteiger partial charge on any atom is 0.0647 e. The van der Waals surface area contributed by atoms with Gasteiger partial charge in [0.2, 0.25) is 0 Å². The maximum absolute atomic E-state index is 2.48. The van der Waals surface area contributed by atoms with E-state index in [0.29, 0.717) is 0 Å². The van der Waals surface area contributed by atoms with Crippen molar-refractivity contribution in [2.24, 2.45) is 0 Å². The van der Waals surface area contributed by atoms with Crippen molar-refractivity contribution in [2.75, 3.05) is 9.80 Å². The van der Waals surface area contributed by atoms with Crippen LogP contribution in [0.25, 0.3) is 98.0 Å². The Balaban J connectivity index is 1.08. The molecule has 0 bridgehead atoms. The van der Waals surface area contributed by atoms with Crippen molar-refractivity contribution in [3.8, 4) is 33.4 Å². The maximum atomic E-state index is 2.48. The van der Waals surface area contributed by atoms with Crippen LogP contribution in [0.1, 0.15) is 0 Å². The van der Waals surface area contributed by atoms with Crippen molar-refractivity contribution in [1.82, 2.24) is 0 Å². The van der Waals surface area contributed by atoms with Crippen LogP contribution in [0, 0.1) is 0 Å². The standard InChI is InChI=1S/C74H54N2Si/c1-77(2)62-43-39-59(40-44-62)76(72-32-16-24-53-20-10-13-29-66(53)72)61-41-45-67-70(49-61)74(57-38-33-50-17-6-7-21-56(50)47-57)68-46-42-60(75(58-25-4-3-5-26-58)71-31-15-23-52-19-9-12-28-65(52)71)48-69(68)73(67)55-36-34-54(35-37-55)64-30-14-22-51-18-8-11-27-63(51)64/h3-49,77H,1-2H3. The fourth-order valence-corrected chi connectivity index (χ4v) is 13.0. The number of benzene rings is 14. The molecule has 77 heavy (non-hydrogen) atoms. The third kappa shape index (κ3) is 8.20. The predicted molar refractivity (Wildman–Crippen MR) is 336 cm³/mol.